The molecule has 0 aromatic carbocycles. The third-order valence-electron chi connectivity index (χ3n) is 4.35. The summed E-state index contributed by atoms with van der Waals surface area (Å²) in [5.74, 6) is 1.44. The summed E-state index contributed by atoms with van der Waals surface area (Å²) in [6.45, 7) is 6.71. The van der Waals surface area contributed by atoms with Crippen molar-refractivity contribution in [2.24, 2.45) is 0 Å². The highest BCUT2D eigenvalue weighted by atomic mass is 16.5. The van der Waals surface area contributed by atoms with Crippen LogP contribution in [0, 0.1) is 6.92 Å². The summed E-state index contributed by atoms with van der Waals surface area (Å²) in [6.07, 6.45) is 6.60. The summed E-state index contributed by atoms with van der Waals surface area (Å²) in [4.78, 5) is 6.70. The Bertz CT molecular complexity index is 431. The molecule has 0 amide bonds. The fourth-order valence-electron chi connectivity index (χ4n) is 3.24. The average molecular weight is 294 g/mol. The van der Waals surface area contributed by atoms with Gasteiger partial charge in [-0.15, -0.1) is 0 Å². The molecule has 21 heavy (non-hydrogen) atoms. The van der Waals surface area contributed by atoms with Crippen LogP contribution in [-0.2, 0) is 11.3 Å². The summed E-state index contributed by atoms with van der Waals surface area (Å²) in [5, 5.41) is 7.67. The van der Waals surface area contributed by atoms with Crippen LogP contribution in [0.15, 0.2) is 4.52 Å². The zero-order chi connectivity index (χ0) is 14.5. The minimum Gasteiger partial charge on any atom is -0.377 e. The quantitative estimate of drug-likeness (QED) is 0.888. The van der Waals surface area contributed by atoms with Gasteiger partial charge in [-0.1, -0.05) is 5.16 Å². The van der Waals surface area contributed by atoms with Crippen LogP contribution in [0.2, 0.25) is 0 Å². The first-order chi connectivity index (χ1) is 10.3. The van der Waals surface area contributed by atoms with Gasteiger partial charge in [0.15, 0.2) is 5.82 Å². The topological polar surface area (TPSA) is 63.4 Å². The van der Waals surface area contributed by atoms with Gasteiger partial charge in [0.05, 0.1) is 12.6 Å². The maximum atomic E-state index is 5.79. The standard InChI is InChI=1S/C15H26N4O2/c1-12-17-15(18-21-12)11-19-7-4-5-13(10-19)16-9-14-6-2-3-8-20-14/h13-14,16H,2-11H2,1H3/t13-,14+/m1/s1. The van der Waals surface area contributed by atoms with Gasteiger partial charge in [-0.25, -0.2) is 0 Å². The molecular weight excluding hydrogens is 268 g/mol. The Kier molecular flexibility index (Phi) is 5.22. The molecule has 0 bridgehead atoms. The molecule has 0 aliphatic carbocycles. The van der Waals surface area contributed by atoms with E-state index in [1.165, 1.54) is 32.1 Å². The fraction of sp³-hybridized carbons (Fsp3) is 0.867. The molecule has 1 N–H and O–H groups in total. The number of nitrogens with one attached hydrogen (secondary N) is 1. The first-order valence-electron chi connectivity index (χ1n) is 8.16. The first kappa shape index (κ1) is 14.9. The lowest BCUT2D eigenvalue weighted by molar-refractivity contribution is 0.0134. The lowest BCUT2D eigenvalue weighted by Crippen LogP contribution is -2.47. The molecule has 1 aromatic rings. The second-order valence-electron chi connectivity index (χ2n) is 6.20. The number of hydrogen-bond donors (Lipinski definition) is 1. The molecule has 2 aliphatic rings. The van der Waals surface area contributed by atoms with Crippen LogP contribution in [0.25, 0.3) is 0 Å². The van der Waals surface area contributed by atoms with Crippen molar-refractivity contribution >= 4 is 0 Å². The minimum absolute atomic E-state index is 0.411. The van der Waals surface area contributed by atoms with Crippen molar-refractivity contribution in [2.45, 2.75) is 57.7 Å². The molecule has 2 saturated heterocycles. The Morgan fingerprint density at radius 2 is 2.24 bits per heavy atom. The molecule has 0 spiro atoms. The Hall–Kier alpha value is -0.980. The molecule has 6 nitrogen and oxygen atoms in total. The van der Waals surface area contributed by atoms with Gasteiger partial charge in [0.25, 0.3) is 0 Å². The van der Waals surface area contributed by atoms with E-state index >= 15 is 0 Å². The zero-order valence-electron chi connectivity index (χ0n) is 12.9. The summed E-state index contributed by atoms with van der Waals surface area (Å²) in [5.41, 5.74) is 0. The van der Waals surface area contributed by atoms with Crippen LogP contribution in [0.4, 0.5) is 0 Å². The second kappa shape index (κ2) is 7.33. The normalized spacial score (nSPS) is 27.9. The van der Waals surface area contributed by atoms with E-state index in [0.29, 0.717) is 18.0 Å². The molecule has 2 fully saturated rings. The zero-order valence-corrected chi connectivity index (χ0v) is 12.9. The van der Waals surface area contributed by atoms with Gasteiger partial charge in [-0.3, -0.25) is 4.90 Å². The Labute approximate surface area is 126 Å². The average Bonchev–Trinajstić information content (AvgIpc) is 2.92. The van der Waals surface area contributed by atoms with Crippen molar-refractivity contribution in [3.05, 3.63) is 11.7 Å². The summed E-state index contributed by atoms with van der Waals surface area (Å²) in [6, 6.07) is 0.553. The van der Waals surface area contributed by atoms with E-state index < -0.39 is 0 Å². The lowest BCUT2D eigenvalue weighted by atomic mass is 10.0. The Balaban J connectivity index is 1.42. The highest BCUT2D eigenvalue weighted by molar-refractivity contribution is 4.87. The minimum atomic E-state index is 0.411. The van der Waals surface area contributed by atoms with E-state index in [0.717, 1.165) is 38.6 Å². The van der Waals surface area contributed by atoms with Gasteiger partial charge in [-0.05, 0) is 38.6 Å². The third kappa shape index (κ3) is 4.49. The molecule has 0 radical (unpaired) electrons. The van der Waals surface area contributed by atoms with E-state index in [-0.39, 0.29) is 0 Å². The third-order valence-corrected chi connectivity index (χ3v) is 4.35. The Morgan fingerprint density at radius 1 is 1.29 bits per heavy atom. The van der Waals surface area contributed by atoms with Crippen molar-refractivity contribution in [1.82, 2.24) is 20.4 Å². The highest BCUT2D eigenvalue weighted by Gasteiger charge is 2.22. The van der Waals surface area contributed by atoms with E-state index in [1.54, 1.807) is 0 Å². The van der Waals surface area contributed by atoms with Gasteiger partial charge in [0.2, 0.25) is 5.89 Å². The van der Waals surface area contributed by atoms with Crippen molar-refractivity contribution in [2.75, 3.05) is 26.2 Å². The first-order valence-corrected chi connectivity index (χ1v) is 8.16. The number of aryl methyl sites for hydroxylation is 1. The van der Waals surface area contributed by atoms with Gasteiger partial charge in [-0.2, -0.15) is 4.98 Å². The van der Waals surface area contributed by atoms with Crippen LogP contribution in [0.5, 0.6) is 0 Å². The number of likely N-dealkylation sites (tertiary alicyclic amines) is 1. The molecule has 3 heterocycles. The van der Waals surface area contributed by atoms with Gasteiger partial charge in [0.1, 0.15) is 0 Å². The number of ether oxygens (including phenoxy) is 1. The monoisotopic (exact) mass is 294 g/mol. The molecule has 0 saturated carbocycles. The highest BCUT2D eigenvalue weighted by Crippen LogP contribution is 2.15. The number of rotatable bonds is 5. The number of nitrogens with zero attached hydrogens (tertiary/aromatic N) is 3. The summed E-state index contributed by atoms with van der Waals surface area (Å²) >= 11 is 0. The molecule has 0 unspecified atom stereocenters. The Morgan fingerprint density at radius 3 is 3.00 bits per heavy atom. The van der Waals surface area contributed by atoms with Gasteiger partial charge in [0, 0.05) is 32.7 Å². The van der Waals surface area contributed by atoms with Gasteiger partial charge >= 0.3 is 0 Å². The number of piperidine rings is 1. The molecule has 3 rings (SSSR count). The predicted octanol–water partition coefficient (Wildman–Crippen LogP) is 1.50. The number of aromatic nitrogens is 2. The van der Waals surface area contributed by atoms with Crippen LogP contribution in [0.3, 0.4) is 0 Å². The van der Waals surface area contributed by atoms with E-state index in [2.05, 4.69) is 20.4 Å². The lowest BCUT2D eigenvalue weighted by Gasteiger charge is -2.33. The van der Waals surface area contributed by atoms with Crippen LogP contribution >= 0.6 is 0 Å². The fourth-order valence-corrected chi connectivity index (χ4v) is 3.24. The largest absolute Gasteiger partial charge is 0.377 e. The SMILES string of the molecule is Cc1nc(CN2CCC[C@@H](NC[C@@H]3CCCCO3)C2)no1. The molecular formula is C15H26N4O2. The van der Waals surface area contributed by atoms with Crippen LogP contribution in [-0.4, -0.2) is 53.4 Å². The molecule has 2 aliphatic heterocycles. The van der Waals surface area contributed by atoms with Crippen molar-refractivity contribution in [1.29, 1.82) is 0 Å². The van der Waals surface area contributed by atoms with Crippen molar-refractivity contribution in [3.8, 4) is 0 Å². The van der Waals surface area contributed by atoms with Crippen LogP contribution < -0.4 is 5.32 Å². The molecule has 2 atom stereocenters. The van der Waals surface area contributed by atoms with Crippen LogP contribution in [0.1, 0.15) is 43.8 Å². The molecule has 118 valence electrons. The second-order valence-corrected chi connectivity index (χ2v) is 6.20. The maximum absolute atomic E-state index is 5.79. The van der Waals surface area contributed by atoms with E-state index in [4.69, 9.17) is 9.26 Å². The molecule has 6 heteroatoms. The molecule has 1 aromatic heterocycles. The summed E-state index contributed by atoms with van der Waals surface area (Å²) in [7, 11) is 0. The van der Waals surface area contributed by atoms with Crippen molar-refractivity contribution in [3.63, 3.8) is 0 Å². The van der Waals surface area contributed by atoms with Gasteiger partial charge < -0.3 is 14.6 Å². The number of hydrogen-bond acceptors (Lipinski definition) is 6. The van der Waals surface area contributed by atoms with E-state index in [9.17, 15) is 0 Å². The van der Waals surface area contributed by atoms with E-state index in [1.807, 2.05) is 6.92 Å². The summed E-state index contributed by atoms with van der Waals surface area (Å²) < 4.78 is 10.8. The maximum Gasteiger partial charge on any atom is 0.223 e. The van der Waals surface area contributed by atoms with Crippen molar-refractivity contribution < 1.29 is 9.26 Å². The smallest absolute Gasteiger partial charge is 0.223 e. The predicted molar refractivity (Wildman–Crippen MR) is 78.9 cm³/mol.